The monoisotopic (exact) mass is 157 g/mol. The van der Waals surface area contributed by atoms with Gasteiger partial charge >= 0.3 is 0 Å². The Morgan fingerprint density at radius 3 is 2.73 bits per heavy atom. The third-order valence-electron chi connectivity index (χ3n) is 1.55. The van der Waals surface area contributed by atoms with Gasteiger partial charge < -0.3 is 10.1 Å². The molecule has 0 spiro atoms. The van der Waals surface area contributed by atoms with Gasteiger partial charge in [-0.25, -0.2) is 0 Å². The largest absolute Gasteiger partial charge is 0.383 e. The van der Waals surface area contributed by atoms with Crippen LogP contribution in [0, 0.1) is 0 Å². The Morgan fingerprint density at radius 2 is 2.36 bits per heavy atom. The third-order valence-corrected chi connectivity index (χ3v) is 1.55. The van der Waals surface area contributed by atoms with Crippen molar-refractivity contribution in [1.82, 2.24) is 5.32 Å². The minimum absolute atomic E-state index is 0.0916. The van der Waals surface area contributed by atoms with Crippen LogP contribution in [0.4, 0.5) is 0 Å². The molecule has 1 amide bonds. The van der Waals surface area contributed by atoms with E-state index < -0.39 is 0 Å². The lowest BCUT2D eigenvalue weighted by Crippen LogP contribution is -2.37. The van der Waals surface area contributed by atoms with E-state index in [2.05, 4.69) is 5.32 Å². The predicted octanol–water partition coefficient (Wildman–Crippen LogP) is -0.421. The van der Waals surface area contributed by atoms with Crippen molar-refractivity contribution in [1.29, 1.82) is 0 Å². The number of carbonyl (C=O) groups is 1. The van der Waals surface area contributed by atoms with E-state index in [0.717, 1.165) is 6.42 Å². The van der Waals surface area contributed by atoms with Crippen LogP contribution in [0.2, 0.25) is 6.32 Å². The van der Waals surface area contributed by atoms with Crippen LogP contribution in [0.25, 0.3) is 0 Å². The van der Waals surface area contributed by atoms with Crippen molar-refractivity contribution in [3.05, 3.63) is 0 Å². The van der Waals surface area contributed by atoms with Crippen molar-refractivity contribution in [3.63, 3.8) is 0 Å². The number of amides is 1. The molecule has 0 fully saturated rings. The highest BCUT2D eigenvalue weighted by molar-refractivity contribution is 6.19. The number of carbonyl (C=O) groups excluding carboxylic acids is 1. The number of rotatable bonds is 5. The second kappa shape index (κ2) is 6.22. The van der Waals surface area contributed by atoms with Crippen molar-refractivity contribution in [2.24, 2.45) is 0 Å². The van der Waals surface area contributed by atoms with Crippen molar-refractivity contribution in [3.8, 4) is 0 Å². The fourth-order valence-electron chi connectivity index (χ4n) is 0.792. The Balaban J connectivity index is 3.58. The van der Waals surface area contributed by atoms with Crippen LogP contribution in [0.15, 0.2) is 0 Å². The number of ether oxygens (including phenoxy) is 1. The molecule has 0 aliphatic rings. The van der Waals surface area contributed by atoms with Gasteiger partial charge in [-0.3, -0.25) is 4.79 Å². The molecule has 3 nitrogen and oxygen atoms in total. The lowest BCUT2D eigenvalue weighted by molar-refractivity contribution is -0.120. The molecule has 0 bridgehead atoms. The molecular weight excluding hydrogens is 141 g/mol. The standard InChI is InChI=1S/C7H16BNO2/c1-3-6(5-11-2)9-7(10)4-8/h6H,3-5,8H2,1-2H3,(H,9,10). The highest BCUT2D eigenvalue weighted by Crippen LogP contribution is 1.91. The number of hydrogen-bond donors (Lipinski definition) is 1. The molecule has 4 heteroatoms. The minimum Gasteiger partial charge on any atom is -0.383 e. The van der Waals surface area contributed by atoms with Gasteiger partial charge in [0, 0.05) is 7.11 Å². The first kappa shape index (κ1) is 10.5. The van der Waals surface area contributed by atoms with Gasteiger partial charge in [0.2, 0.25) is 5.91 Å². The molecule has 0 aliphatic heterocycles. The summed E-state index contributed by atoms with van der Waals surface area (Å²) >= 11 is 0. The third kappa shape index (κ3) is 4.84. The maximum Gasteiger partial charge on any atom is 0.212 e. The van der Waals surface area contributed by atoms with E-state index in [4.69, 9.17) is 4.74 Å². The predicted molar refractivity (Wildman–Crippen MR) is 47.4 cm³/mol. The summed E-state index contributed by atoms with van der Waals surface area (Å²) in [6.45, 7) is 2.63. The number of methoxy groups -OCH3 is 1. The van der Waals surface area contributed by atoms with E-state index >= 15 is 0 Å². The summed E-state index contributed by atoms with van der Waals surface area (Å²) in [6.07, 6.45) is 1.46. The molecule has 0 aromatic rings. The Bertz CT molecular complexity index is 119. The van der Waals surface area contributed by atoms with E-state index in [1.54, 1.807) is 7.11 Å². The van der Waals surface area contributed by atoms with Gasteiger partial charge in [-0.05, 0) is 12.7 Å². The van der Waals surface area contributed by atoms with Crippen LogP contribution in [-0.4, -0.2) is 33.5 Å². The summed E-state index contributed by atoms with van der Waals surface area (Å²) in [4.78, 5) is 10.9. The van der Waals surface area contributed by atoms with E-state index in [1.165, 1.54) is 0 Å². The van der Waals surface area contributed by atoms with E-state index in [9.17, 15) is 4.79 Å². The maximum atomic E-state index is 10.9. The first-order chi connectivity index (χ1) is 5.24. The Labute approximate surface area is 68.9 Å². The van der Waals surface area contributed by atoms with Gasteiger partial charge in [-0.1, -0.05) is 6.92 Å². The first-order valence-corrected chi connectivity index (χ1v) is 4.02. The molecule has 1 N–H and O–H groups in total. The molecule has 0 aliphatic carbocycles. The van der Waals surface area contributed by atoms with E-state index in [-0.39, 0.29) is 11.9 Å². The Morgan fingerprint density at radius 1 is 1.73 bits per heavy atom. The first-order valence-electron chi connectivity index (χ1n) is 4.02. The van der Waals surface area contributed by atoms with E-state index in [1.807, 2.05) is 14.8 Å². The summed E-state index contributed by atoms with van der Waals surface area (Å²) in [5.41, 5.74) is 0. The molecule has 0 aromatic carbocycles. The quantitative estimate of drug-likeness (QED) is 0.550. The van der Waals surface area contributed by atoms with Crippen molar-refractivity contribution in [2.75, 3.05) is 13.7 Å². The Kier molecular flexibility index (Phi) is 5.94. The molecule has 0 saturated heterocycles. The number of hydrogen-bond acceptors (Lipinski definition) is 2. The summed E-state index contributed by atoms with van der Waals surface area (Å²) in [5.74, 6) is 0.0916. The van der Waals surface area contributed by atoms with Crippen LogP contribution in [0.3, 0.4) is 0 Å². The molecule has 0 saturated carbocycles. The van der Waals surface area contributed by atoms with Gasteiger partial charge in [0.15, 0.2) is 0 Å². The molecule has 11 heavy (non-hydrogen) atoms. The van der Waals surface area contributed by atoms with E-state index in [0.29, 0.717) is 12.9 Å². The second-order valence-electron chi connectivity index (χ2n) is 2.48. The minimum atomic E-state index is 0.0916. The molecule has 0 heterocycles. The topological polar surface area (TPSA) is 38.3 Å². The van der Waals surface area contributed by atoms with Crippen molar-refractivity contribution < 1.29 is 9.53 Å². The average Bonchev–Trinajstić information content (AvgIpc) is 2.03. The SMILES string of the molecule is BCC(=O)NC(CC)COC. The zero-order chi connectivity index (χ0) is 8.69. The zero-order valence-electron chi connectivity index (χ0n) is 7.52. The fraction of sp³-hybridized carbons (Fsp3) is 0.857. The molecule has 64 valence electrons. The highest BCUT2D eigenvalue weighted by atomic mass is 16.5. The lowest BCUT2D eigenvalue weighted by atomic mass is 10.0. The molecule has 0 aromatic heterocycles. The molecule has 0 rings (SSSR count). The Hall–Kier alpha value is -0.505. The van der Waals surface area contributed by atoms with Gasteiger partial charge in [0.05, 0.1) is 12.6 Å². The van der Waals surface area contributed by atoms with Gasteiger partial charge in [-0.2, -0.15) is 0 Å². The second-order valence-corrected chi connectivity index (χ2v) is 2.48. The van der Waals surface area contributed by atoms with Gasteiger partial charge in [-0.15, -0.1) is 0 Å². The van der Waals surface area contributed by atoms with Crippen LogP contribution in [0.1, 0.15) is 13.3 Å². The summed E-state index contributed by atoms with van der Waals surface area (Å²) in [6, 6.07) is 0.174. The van der Waals surface area contributed by atoms with Gasteiger partial charge in [0.25, 0.3) is 0 Å². The summed E-state index contributed by atoms with van der Waals surface area (Å²) in [5, 5.41) is 2.85. The fourth-order valence-corrected chi connectivity index (χ4v) is 0.792. The number of nitrogens with one attached hydrogen (secondary N) is 1. The maximum absolute atomic E-state index is 10.9. The summed E-state index contributed by atoms with van der Waals surface area (Å²) < 4.78 is 4.93. The molecule has 1 unspecified atom stereocenters. The summed E-state index contributed by atoms with van der Waals surface area (Å²) in [7, 11) is 3.48. The van der Waals surface area contributed by atoms with Gasteiger partial charge in [0.1, 0.15) is 7.85 Å². The van der Waals surface area contributed by atoms with Crippen molar-refractivity contribution in [2.45, 2.75) is 25.7 Å². The average molecular weight is 157 g/mol. The molecule has 1 atom stereocenters. The molecule has 0 radical (unpaired) electrons. The van der Waals surface area contributed by atoms with Crippen LogP contribution >= 0.6 is 0 Å². The normalized spacial score (nSPS) is 12.5. The van der Waals surface area contributed by atoms with Crippen LogP contribution in [0.5, 0.6) is 0 Å². The van der Waals surface area contributed by atoms with Crippen molar-refractivity contribution >= 4 is 13.8 Å². The zero-order valence-corrected chi connectivity index (χ0v) is 7.52. The van der Waals surface area contributed by atoms with Crippen LogP contribution in [-0.2, 0) is 9.53 Å². The lowest BCUT2D eigenvalue weighted by Gasteiger charge is -2.14. The highest BCUT2D eigenvalue weighted by Gasteiger charge is 2.06. The van der Waals surface area contributed by atoms with Crippen LogP contribution < -0.4 is 5.32 Å². The smallest absolute Gasteiger partial charge is 0.212 e. The molecular formula is C7H16BNO2.